The lowest BCUT2D eigenvalue weighted by atomic mass is 9.85. The Bertz CT molecular complexity index is 548. The molecule has 2 aliphatic carbocycles. The van der Waals surface area contributed by atoms with Gasteiger partial charge in [-0.3, -0.25) is 0 Å². The van der Waals surface area contributed by atoms with Crippen LogP contribution in [0.5, 0.6) is 5.88 Å². The summed E-state index contributed by atoms with van der Waals surface area (Å²) in [5, 5.41) is 3.22. The molecule has 0 bridgehead atoms. The summed E-state index contributed by atoms with van der Waals surface area (Å²) in [6.07, 6.45) is 10.8. The van der Waals surface area contributed by atoms with Gasteiger partial charge in [-0.1, -0.05) is 13.3 Å². The standard InChI is InChI=1S/C19H30N4O/c1-14-5-7-17(8-6-14)24-18-11-16(9-10-21-18)13-23-19(20)22-12-15-3-2-4-15/h9-11,14-15,17H,2-8,12-13H2,1H3,(H3,20,22,23). The minimum absolute atomic E-state index is 0.307. The van der Waals surface area contributed by atoms with Crippen LogP contribution in [0.1, 0.15) is 57.4 Å². The van der Waals surface area contributed by atoms with Crippen molar-refractivity contribution in [3.05, 3.63) is 23.9 Å². The van der Waals surface area contributed by atoms with Gasteiger partial charge in [0, 0.05) is 18.8 Å². The van der Waals surface area contributed by atoms with E-state index in [2.05, 4.69) is 22.2 Å². The van der Waals surface area contributed by atoms with Crippen molar-refractivity contribution in [2.75, 3.05) is 6.54 Å². The number of nitrogens with one attached hydrogen (secondary N) is 1. The summed E-state index contributed by atoms with van der Waals surface area (Å²) in [6, 6.07) is 3.96. The number of nitrogens with zero attached hydrogens (tertiary/aromatic N) is 2. The highest BCUT2D eigenvalue weighted by Gasteiger charge is 2.20. The largest absolute Gasteiger partial charge is 0.474 e. The van der Waals surface area contributed by atoms with Crippen molar-refractivity contribution < 1.29 is 4.74 Å². The van der Waals surface area contributed by atoms with Gasteiger partial charge in [0.25, 0.3) is 0 Å². The second-order valence-corrected chi connectivity index (χ2v) is 7.38. The fourth-order valence-corrected chi connectivity index (χ4v) is 3.31. The Labute approximate surface area is 145 Å². The first-order valence-electron chi connectivity index (χ1n) is 9.34. The average molecular weight is 330 g/mol. The van der Waals surface area contributed by atoms with E-state index in [1.54, 1.807) is 6.20 Å². The number of aromatic nitrogens is 1. The highest BCUT2D eigenvalue weighted by molar-refractivity contribution is 5.77. The smallest absolute Gasteiger partial charge is 0.213 e. The van der Waals surface area contributed by atoms with Crippen LogP contribution in [0.3, 0.4) is 0 Å². The molecule has 3 N–H and O–H groups in total. The van der Waals surface area contributed by atoms with Crippen LogP contribution in [0, 0.1) is 11.8 Å². The number of rotatable bonds is 6. The van der Waals surface area contributed by atoms with Crippen LogP contribution < -0.4 is 15.8 Å². The molecule has 5 heteroatoms. The fraction of sp³-hybridized carbons (Fsp3) is 0.684. The maximum Gasteiger partial charge on any atom is 0.213 e. The molecular formula is C19H30N4O. The van der Waals surface area contributed by atoms with Crippen molar-refractivity contribution in [1.82, 2.24) is 10.3 Å². The van der Waals surface area contributed by atoms with E-state index in [9.17, 15) is 0 Å². The summed E-state index contributed by atoms with van der Waals surface area (Å²) in [6.45, 7) is 3.82. The van der Waals surface area contributed by atoms with E-state index in [1.807, 2.05) is 12.1 Å². The van der Waals surface area contributed by atoms with Crippen molar-refractivity contribution in [2.24, 2.45) is 22.6 Å². The summed E-state index contributed by atoms with van der Waals surface area (Å²) in [4.78, 5) is 8.76. The van der Waals surface area contributed by atoms with Gasteiger partial charge in [-0.15, -0.1) is 0 Å². The van der Waals surface area contributed by atoms with Crippen LogP contribution in [0.2, 0.25) is 0 Å². The Morgan fingerprint density at radius 1 is 1.29 bits per heavy atom. The lowest BCUT2D eigenvalue weighted by Gasteiger charge is -2.26. The molecule has 0 saturated heterocycles. The lowest BCUT2D eigenvalue weighted by molar-refractivity contribution is 0.130. The monoisotopic (exact) mass is 330 g/mol. The Morgan fingerprint density at radius 2 is 2.08 bits per heavy atom. The number of hydrogen-bond donors (Lipinski definition) is 2. The zero-order chi connectivity index (χ0) is 16.8. The quantitative estimate of drug-likeness (QED) is 0.620. The van der Waals surface area contributed by atoms with Crippen molar-refractivity contribution in [3.63, 3.8) is 0 Å². The Hall–Kier alpha value is -1.78. The molecule has 0 radical (unpaired) electrons. The first-order valence-corrected chi connectivity index (χ1v) is 9.34. The molecule has 2 fully saturated rings. The van der Waals surface area contributed by atoms with E-state index in [4.69, 9.17) is 10.5 Å². The number of hydrogen-bond acceptors (Lipinski definition) is 3. The summed E-state index contributed by atoms with van der Waals surface area (Å²) >= 11 is 0. The van der Waals surface area contributed by atoms with Gasteiger partial charge in [0.15, 0.2) is 5.96 Å². The predicted molar refractivity (Wildman–Crippen MR) is 97.0 cm³/mol. The van der Waals surface area contributed by atoms with E-state index in [0.717, 1.165) is 36.8 Å². The molecule has 0 amide bonds. The Kier molecular flexibility index (Phi) is 5.94. The van der Waals surface area contributed by atoms with Crippen LogP contribution >= 0.6 is 0 Å². The second kappa shape index (κ2) is 8.36. The molecule has 2 aliphatic rings. The molecular weight excluding hydrogens is 300 g/mol. The number of ether oxygens (including phenoxy) is 1. The number of pyridine rings is 1. The number of nitrogens with two attached hydrogens (primary N) is 1. The van der Waals surface area contributed by atoms with E-state index in [0.29, 0.717) is 24.5 Å². The first-order chi connectivity index (χ1) is 11.7. The maximum absolute atomic E-state index is 6.05. The van der Waals surface area contributed by atoms with Gasteiger partial charge in [0.2, 0.25) is 5.88 Å². The van der Waals surface area contributed by atoms with E-state index >= 15 is 0 Å². The molecule has 24 heavy (non-hydrogen) atoms. The normalized spacial score (nSPS) is 25.1. The third-order valence-corrected chi connectivity index (χ3v) is 5.28. The van der Waals surface area contributed by atoms with E-state index in [1.165, 1.54) is 32.1 Å². The summed E-state index contributed by atoms with van der Waals surface area (Å²) in [5.74, 6) is 2.84. The van der Waals surface area contributed by atoms with Gasteiger partial charge in [0.1, 0.15) is 6.10 Å². The predicted octanol–water partition coefficient (Wildman–Crippen LogP) is 3.24. The van der Waals surface area contributed by atoms with E-state index < -0.39 is 0 Å². The molecule has 0 aliphatic heterocycles. The molecule has 0 unspecified atom stereocenters. The average Bonchev–Trinajstić information content (AvgIpc) is 2.54. The molecule has 1 heterocycles. The van der Waals surface area contributed by atoms with Gasteiger partial charge < -0.3 is 15.8 Å². The highest BCUT2D eigenvalue weighted by Crippen LogP contribution is 2.27. The van der Waals surface area contributed by atoms with Gasteiger partial charge in [0.05, 0.1) is 6.54 Å². The van der Waals surface area contributed by atoms with Gasteiger partial charge in [-0.05, 0) is 62.0 Å². The van der Waals surface area contributed by atoms with Crippen molar-refractivity contribution in [2.45, 2.75) is 64.5 Å². The van der Waals surface area contributed by atoms with Gasteiger partial charge in [-0.25, -0.2) is 9.98 Å². The highest BCUT2D eigenvalue weighted by atomic mass is 16.5. The van der Waals surface area contributed by atoms with Gasteiger partial charge >= 0.3 is 0 Å². The second-order valence-electron chi connectivity index (χ2n) is 7.38. The third-order valence-electron chi connectivity index (χ3n) is 5.28. The van der Waals surface area contributed by atoms with Crippen LogP contribution in [0.25, 0.3) is 0 Å². The first kappa shape index (κ1) is 17.1. The topological polar surface area (TPSA) is 72.5 Å². The Balaban J connectivity index is 1.47. The molecule has 1 aromatic rings. The molecule has 1 aromatic heterocycles. The molecule has 0 spiro atoms. The van der Waals surface area contributed by atoms with Crippen molar-refractivity contribution >= 4 is 5.96 Å². The molecule has 0 aromatic carbocycles. The van der Waals surface area contributed by atoms with Crippen molar-refractivity contribution in [3.8, 4) is 5.88 Å². The summed E-state index contributed by atoms with van der Waals surface area (Å²) in [5.41, 5.74) is 7.02. The summed E-state index contributed by atoms with van der Waals surface area (Å²) < 4.78 is 6.05. The molecule has 0 atom stereocenters. The van der Waals surface area contributed by atoms with Crippen LogP contribution in [0.4, 0.5) is 0 Å². The van der Waals surface area contributed by atoms with Crippen LogP contribution in [0.15, 0.2) is 23.3 Å². The molecule has 132 valence electrons. The molecule has 3 rings (SSSR count). The minimum Gasteiger partial charge on any atom is -0.474 e. The zero-order valence-electron chi connectivity index (χ0n) is 14.7. The third kappa shape index (κ3) is 5.11. The Morgan fingerprint density at radius 3 is 2.79 bits per heavy atom. The SMILES string of the molecule is CC1CCC(Oc2cc(CN=C(N)NCC3CCC3)ccn2)CC1. The van der Waals surface area contributed by atoms with Crippen molar-refractivity contribution in [1.29, 1.82) is 0 Å². The molecule has 2 saturated carbocycles. The van der Waals surface area contributed by atoms with Crippen LogP contribution in [-0.4, -0.2) is 23.6 Å². The summed E-state index contributed by atoms with van der Waals surface area (Å²) in [7, 11) is 0. The molecule has 5 nitrogen and oxygen atoms in total. The zero-order valence-corrected chi connectivity index (χ0v) is 14.7. The van der Waals surface area contributed by atoms with E-state index in [-0.39, 0.29) is 0 Å². The fourth-order valence-electron chi connectivity index (χ4n) is 3.31. The minimum atomic E-state index is 0.307. The maximum atomic E-state index is 6.05. The van der Waals surface area contributed by atoms with Gasteiger partial charge in [-0.2, -0.15) is 0 Å². The number of aliphatic imine (C=N–C) groups is 1. The number of guanidine groups is 1. The van der Waals surface area contributed by atoms with Crippen LogP contribution in [-0.2, 0) is 6.54 Å². The lowest BCUT2D eigenvalue weighted by Crippen LogP contribution is -2.37.